The first-order valence-corrected chi connectivity index (χ1v) is 8.72. The number of guanidine groups is 1. The molecule has 2 fully saturated rings. The minimum absolute atomic E-state index is 0.00460. The van der Waals surface area contributed by atoms with Crippen LogP contribution in [0.15, 0.2) is 17.1 Å². The number of hydrogen-bond acceptors (Lipinski definition) is 4. The monoisotopic (exact) mass is 334 g/mol. The van der Waals surface area contributed by atoms with E-state index in [2.05, 4.69) is 27.8 Å². The van der Waals surface area contributed by atoms with Gasteiger partial charge in [-0.15, -0.1) is 0 Å². The molecular weight excluding hydrogens is 308 g/mol. The van der Waals surface area contributed by atoms with E-state index in [0.29, 0.717) is 32.2 Å². The van der Waals surface area contributed by atoms with E-state index in [1.54, 1.807) is 7.11 Å². The highest BCUT2D eigenvalue weighted by Crippen LogP contribution is 2.52. The zero-order valence-electron chi connectivity index (χ0n) is 14.3. The molecule has 2 aliphatic carbocycles. The lowest BCUT2D eigenvalue weighted by Crippen LogP contribution is -2.43. The van der Waals surface area contributed by atoms with Gasteiger partial charge in [-0.25, -0.2) is 0 Å². The first-order valence-electron chi connectivity index (χ1n) is 8.72. The Morgan fingerprint density at radius 3 is 2.50 bits per heavy atom. The van der Waals surface area contributed by atoms with Crippen molar-refractivity contribution in [2.24, 2.45) is 28.7 Å². The Labute approximate surface area is 142 Å². The van der Waals surface area contributed by atoms with Gasteiger partial charge in [0.15, 0.2) is 5.96 Å². The zero-order valence-corrected chi connectivity index (χ0v) is 14.3. The lowest BCUT2D eigenvalue weighted by molar-refractivity contribution is -0.140. The van der Waals surface area contributed by atoms with Gasteiger partial charge in [0.2, 0.25) is 11.8 Å². The molecule has 3 aliphatic rings. The maximum Gasteiger partial charge on any atom is 0.233 e. The summed E-state index contributed by atoms with van der Waals surface area (Å²) < 4.78 is 4.99. The third-order valence-electron chi connectivity index (χ3n) is 5.10. The molecule has 0 radical (unpaired) electrons. The van der Waals surface area contributed by atoms with Gasteiger partial charge >= 0.3 is 0 Å². The summed E-state index contributed by atoms with van der Waals surface area (Å²) in [6, 6.07) is 0. The van der Waals surface area contributed by atoms with Crippen molar-refractivity contribution in [3.8, 4) is 0 Å². The SMILES string of the molecule is CCNC(=NCCOC)NCCN1C(=O)C2C3C=CC(C3)C2C1=O. The van der Waals surface area contributed by atoms with Gasteiger partial charge in [-0.3, -0.25) is 19.5 Å². The molecule has 0 aromatic rings. The van der Waals surface area contributed by atoms with Crippen molar-refractivity contribution < 1.29 is 14.3 Å². The Morgan fingerprint density at radius 2 is 1.92 bits per heavy atom. The van der Waals surface area contributed by atoms with E-state index in [-0.39, 0.29) is 35.5 Å². The van der Waals surface area contributed by atoms with Crippen LogP contribution in [-0.2, 0) is 14.3 Å². The smallest absolute Gasteiger partial charge is 0.233 e. The van der Waals surface area contributed by atoms with Gasteiger partial charge in [-0.05, 0) is 25.2 Å². The Kier molecular flexibility index (Phi) is 5.18. The number of carbonyl (C=O) groups is 2. The second-order valence-electron chi connectivity index (χ2n) is 6.51. The number of nitrogens with zero attached hydrogens (tertiary/aromatic N) is 2. The second kappa shape index (κ2) is 7.34. The number of allylic oxidation sites excluding steroid dienone is 2. The fourth-order valence-corrected chi connectivity index (χ4v) is 4.06. The van der Waals surface area contributed by atoms with Gasteiger partial charge in [-0.1, -0.05) is 12.2 Å². The van der Waals surface area contributed by atoms with Gasteiger partial charge in [0.1, 0.15) is 0 Å². The molecule has 1 saturated carbocycles. The molecule has 7 heteroatoms. The van der Waals surface area contributed by atoms with Gasteiger partial charge in [0.25, 0.3) is 0 Å². The summed E-state index contributed by atoms with van der Waals surface area (Å²) in [5, 5.41) is 6.31. The molecule has 7 nitrogen and oxygen atoms in total. The number of nitrogens with one attached hydrogen (secondary N) is 2. The number of imide groups is 1. The van der Waals surface area contributed by atoms with Crippen LogP contribution >= 0.6 is 0 Å². The average Bonchev–Trinajstić information content (AvgIpc) is 3.24. The van der Waals surface area contributed by atoms with Crippen molar-refractivity contribution in [1.82, 2.24) is 15.5 Å². The van der Waals surface area contributed by atoms with Crippen LogP contribution in [0.1, 0.15) is 13.3 Å². The van der Waals surface area contributed by atoms with E-state index in [0.717, 1.165) is 13.0 Å². The highest BCUT2D eigenvalue weighted by atomic mass is 16.5. The second-order valence-corrected chi connectivity index (χ2v) is 6.51. The van der Waals surface area contributed by atoms with Crippen LogP contribution in [0, 0.1) is 23.7 Å². The molecule has 4 unspecified atom stereocenters. The maximum absolute atomic E-state index is 12.6. The summed E-state index contributed by atoms with van der Waals surface area (Å²) >= 11 is 0. The van der Waals surface area contributed by atoms with Crippen LogP contribution in [0.25, 0.3) is 0 Å². The van der Waals surface area contributed by atoms with Crippen molar-refractivity contribution in [2.45, 2.75) is 13.3 Å². The Morgan fingerprint density at radius 1 is 1.25 bits per heavy atom. The van der Waals surface area contributed by atoms with E-state index < -0.39 is 0 Å². The van der Waals surface area contributed by atoms with E-state index in [1.807, 2.05) is 6.92 Å². The largest absolute Gasteiger partial charge is 0.383 e. The molecule has 0 aromatic carbocycles. The number of likely N-dealkylation sites (tertiary alicyclic amines) is 1. The molecule has 2 amide bonds. The zero-order chi connectivity index (χ0) is 17.1. The number of hydrogen-bond donors (Lipinski definition) is 2. The first kappa shape index (κ1) is 17.0. The maximum atomic E-state index is 12.6. The van der Waals surface area contributed by atoms with Crippen LogP contribution in [-0.4, -0.2) is 62.6 Å². The highest BCUT2D eigenvalue weighted by Gasteiger charge is 2.58. The molecule has 3 rings (SSSR count). The van der Waals surface area contributed by atoms with Crippen LogP contribution in [0.5, 0.6) is 0 Å². The van der Waals surface area contributed by atoms with Crippen LogP contribution in [0.2, 0.25) is 0 Å². The predicted molar refractivity (Wildman–Crippen MR) is 90.3 cm³/mol. The Hall–Kier alpha value is -1.89. The highest BCUT2D eigenvalue weighted by molar-refractivity contribution is 6.06. The molecule has 1 heterocycles. The van der Waals surface area contributed by atoms with E-state index >= 15 is 0 Å². The number of aliphatic imine (C=N–C) groups is 1. The fraction of sp³-hybridized carbons (Fsp3) is 0.706. The third kappa shape index (κ3) is 3.05. The van der Waals surface area contributed by atoms with Gasteiger partial charge < -0.3 is 15.4 Å². The Bertz CT molecular complexity index is 530. The number of methoxy groups -OCH3 is 1. The number of rotatable bonds is 7. The van der Waals surface area contributed by atoms with E-state index in [9.17, 15) is 9.59 Å². The van der Waals surface area contributed by atoms with Crippen LogP contribution < -0.4 is 10.6 Å². The summed E-state index contributed by atoms with van der Waals surface area (Å²) in [5.74, 6) is 0.988. The lowest BCUT2D eigenvalue weighted by atomic mass is 9.85. The van der Waals surface area contributed by atoms with E-state index in [4.69, 9.17) is 4.74 Å². The molecule has 2 N–H and O–H groups in total. The quantitative estimate of drug-likeness (QED) is 0.225. The van der Waals surface area contributed by atoms with Crippen molar-refractivity contribution in [3.05, 3.63) is 12.2 Å². The summed E-state index contributed by atoms with van der Waals surface area (Å²) in [5.41, 5.74) is 0. The molecule has 0 aromatic heterocycles. The third-order valence-corrected chi connectivity index (χ3v) is 5.10. The summed E-state index contributed by atoms with van der Waals surface area (Å²) in [6.45, 7) is 4.74. The fourth-order valence-electron chi connectivity index (χ4n) is 4.06. The predicted octanol–water partition coefficient (Wildman–Crippen LogP) is -0.00500. The number of ether oxygens (including phenoxy) is 1. The van der Waals surface area contributed by atoms with Crippen molar-refractivity contribution in [2.75, 3.05) is 39.9 Å². The summed E-state index contributed by atoms with van der Waals surface area (Å²) in [6.07, 6.45) is 5.20. The van der Waals surface area contributed by atoms with Crippen molar-refractivity contribution in [1.29, 1.82) is 0 Å². The minimum atomic E-state index is -0.115. The van der Waals surface area contributed by atoms with Gasteiger partial charge in [0.05, 0.1) is 25.0 Å². The number of fused-ring (bicyclic) bond motifs is 5. The average molecular weight is 334 g/mol. The topological polar surface area (TPSA) is 83.0 Å². The first-order chi connectivity index (χ1) is 11.7. The van der Waals surface area contributed by atoms with E-state index in [1.165, 1.54) is 4.90 Å². The molecule has 2 bridgehead atoms. The molecule has 1 saturated heterocycles. The van der Waals surface area contributed by atoms with Gasteiger partial charge in [-0.2, -0.15) is 0 Å². The Balaban J connectivity index is 1.52. The minimum Gasteiger partial charge on any atom is -0.383 e. The number of carbonyl (C=O) groups excluding carboxylic acids is 2. The molecule has 1 aliphatic heterocycles. The summed E-state index contributed by atoms with van der Waals surface area (Å²) in [4.78, 5) is 31.0. The lowest BCUT2D eigenvalue weighted by Gasteiger charge is -2.18. The molecule has 0 spiro atoms. The molecule has 132 valence electrons. The number of amides is 2. The summed E-state index contributed by atoms with van der Waals surface area (Å²) in [7, 11) is 1.64. The van der Waals surface area contributed by atoms with Gasteiger partial charge in [0, 0.05) is 26.7 Å². The molecule has 4 atom stereocenters. The standard InChI is InChI=1S/C17H26N4O3/c1-3-18-17(20-7-9-24-2)19-6-8-21-15(22)13-11-4-5-12(10-11)14(13)16(21)23/h4-5,11-14H,3,6-10H2,1-2H3,(H2,18,19,20). The molecule has 24 heavy (non-hydrogen) atoms. The van der Waals surface area contributed by atoms with Crippen LogP contribution in [0.3, 0.4) is 0 Å². The normalized spacial score (nSPS) is 31.1. The molecular formula is C17H26N4O3. The van der Waals surface area contributed by atoms with Crippen LogP contribution in [0.4, 0.5) is 0 Å². The van der Waals surface area contributed by atoms with Crippen molar-refractivity contribution >= 4 is 17.8 Å². The van der Waals surface area contributed by atoms with Crippen molar-refractivity contribution in [3.63, 3.8) is 0 Å².